The smallest absolute Gasteiger partial charge is 0.353 e. The largest absolute Gasteiger partial charge is 0.417 e. The fraction of sp³-hybridized carbons (Fsp3) is 0.647. The third-order valence-electron chi connectivity index (χ3n) is 5.17. The summed E-state index contributed by atoms with van der Waals surface area (Å²) in [5, 5.41) is 2.96. The molecular weight excluding hydrogens is 440 g/mol. The average molecular weight is 464 g/mol. The number of nitrogens with zero attached hydrogens (tertiary/aromatic N) is 2. The number of nitrogens with one attached hydrogen (secondary N) is 1. The number of amides is 1. The second kappa shape index (κ2) is 10.2. The van der Waals surface area contributed by atoms with Crippen molar-refractivity contribution in [2.75, 3.05) is 18.0 Å². The Morgan fingerprint density at radius 2 is 2.04 bits per heavy atom. The van der Waals surface area contributed by atoms with Crippen LogP contribution in [0.25, 0.3) is 0 Å². The highest BCUT2D eigenvalue weighted by molar-refractivity contribution is 6.33. The van der Waals surface area contributed by atoms with Crippen molar-refractivity contribution in [3.05, 3.63) is 22.8 Å². The summed E-state index contributed by atoms with van der Waals surface area (Å²) in [4.78, 5) is 17.9. The van der Waals surface area contributed by atoms with Gasteiger partial charge in [0.25, 0.3) is 0 Å². The zero-order valence-electron chi connectivity index (χ0n) is 15.0. The molecule has 160 valence electrons. The Hall–Kier alpha value is -0.960. The standard InChI is InChI=1S/C17H22ClF3N4O.2ClH/c18-13-7-11(17(19,20)21)8-23-16(13)25-5-4-12(9-25)24-15(26)6-10-2-1-3-14(10)22;;/h7-8,10,12,14H,1-6,9,22H2,(H,24,26);2*1H/t10-,12?,14+;;/m0../s1. The Morgan fingerprint density at radius 1 is 1.32 bits per heavy atom. The van der Waals surface area contributed by atoms with Gasteiger partial charge in [-0.3, -0.25) is 4.79 Å². The van der Waals surface area contributed by atoms with E-state index in [1.807, 2.05) is 0 Å². The summed E-state index contributed by atoms with van der Waals surface area (Å²) in [7, 11) is 0. The number of carbonyl (C=O) groups excluding carboxylic acids is 1. The fourth-order valence-corrected chi connectivity index (χ4v) is 4.02. The van der Waals surface area contributed by atoms with Gasteiger partial charge in [-0.25, -0.2) is 4.98 Å². The summed E-state index contributed by atoms with van der Waals surface area (Å²) in [5.41, 5.74) is 5.13. The molecule has 1 amide bonds. The molecule has 1 saturated heterocycles. The number of anilines is 1. The van der Waals surface area contributed by atoms with Crippen molar-refractivity contribution >= 4 is 48.1 Å². The molecule has 5 nitrogen and oxygen atoms in total. The lowest BCUT2D eigenvalue weighted by Gasteiger charge is -2.20. The molecule has 2 aliphatic rings. The minimum absolute atomic E-state index is 0. The van der Waals surface area contributed by atoms with Crippen LogP contribution in [0.1, 0.15) is 37.7 Å². The highest BCUT2D eigenvalue weighted by Crippen LogP contribution is 2.34. The predicted molar refractivity (Wildman–Crippen MR) is 107 cm³/mol. The number of nitrogens with two attached hydrogens (primary N) is 1. The molecule has 0 bridgehead atoms. The van der Waals surface area contributed by atoms with Crippen LogP contribution >= 0.6 is 36.4 Å². The van der Waals surface area contributed by atoms with Gasteiger partial charge in [0, 0.05) is 37.8 Å². The van der Waals surface area contributed by atoms with Crippen LogP contribution in [-0.4, -0.2) is 36.1 Å². The van der Waals surface area contributed by atoms with E-state index in [0.717, 1.165) is 31.5 Å². The number of rotatable bonds is 4. The van der Waals surface area contributed by atoms with Gasteiger partial charge in [-0.15, -0.1) is 24.8 Å². The van der Waals surface area contributed by atoms with Crippen LogP contribution in [0.2, 0.25) is 5.02 Å². The van der Waals surface area contributed by atoms with Gasteiger partial charge in [0.05, 0.1) is 10.6 Å². The number of carbonyl (C=O) groups is 1. The van der Waals surface area contributed by atoms with Crippen LogP contribution in [0.4, 0.5) is 19.0 Å². The first-order valence-corrected chi connectivity index (χ1v) is 9.14. The molecule has 1 aliphatic carbocycles. The Balaban J connectivity index is 0.00000196. The first-order valence-electron chi connectivity index (χ1n) is 8.76. The minimum atomic E-state index is -4.47. The second-order valence-electron chi connectivity index (χ2n) is 7.09. The highest BCUT2D eigenvalue weighted by Gasteiger charge is 2.33. The first-order chi connectivity index (χ1) is 12.2. The van der Waals surface area contributed by atoms with Crippen molar-refractivity contribution in [2.45, 2.75) is 50.4 Å². The van der Waals surface area contributed by atoms with Crippen molar-refractivity contribution in [3.63, 3.8) is 0 Å². The summed E-state index contributed by atoms with van der Waals surface area (Å²) in [6, 6.07) is 0.911. The van der Waals surface area contributed by atoms with Crippen molar-refractivity contribution in [2.24, 2.45) is 11.7 Å². The Labute approximate surface area is 179 Å². The molecule has 2 fully saturated rings. The Morgan fingerprint density at radius 3 is 2.61 bits per heavy atom. The number of pyridine rings is 1. The molecule has 1 aromatic rings. The van der Waals surface area contributed by atoms with Gasteiger partial charge in [0.15, 0.2) is 0 Å². The molecule has 3 atom stereocenters. The van der Waals surface area contributed by atoms with E-state index in [0.29, 0.717) is 31.7 Å². The molecule has 28 heavy (non-hydrogen) atoms. The van der Waals surface area contributed by atoms with Crippen molar-refractivity contribution in [1.29, 1.82) is 0 Å². The zero-order valence-corrected chi connectivity index (χ0v) is 17.4. The van der Waals surface area contributed by atoms with E-state index < -0.39 is 11.7 Å². The van der Waals surface area contributed by atoms with Crippen LogP contribution in [0.3, 0.4) is 0 Å². The lowest BCUT2D eigenvalue weighted by molar-refractivity contribution is -0.137. The fourth-order valence-electron chi connectivity index (χ4n) is 3.73. The van der Waals surface area contributed by atoms with Crippen LogP contribution in [0.5, 0.6) is 0 Å². The molecule has 11 heteroatoms. The van der Waals surface area contributed by atoms with E-state index in [2.05, 4.69) is 10.3 Å². The highest BCUT2D eigenvalue weighted by atomic mass is 35.5. The summed E-state index contributed by atoms with van der Waals surface area (Å²) in [6.07, 6.45) is 0.447. The maximum atomic E-state index is 12.7. The molecule has 1 saturated carbocycles. The van der Waals surface area contributed by atoms with Gasteiger partial charge in [-0.2, -0.15) is 13.2 Å². The SMILES string of the molecule is Cl.Cl.N[C@@H]1CCC[C@H]1CC(=O)NC1CCN(c2ncc(C(F)(F)F)cc2Cl)C1. The van der Waals surface area contributed by atoms with Gasteiger partial charge in [-0.1, -0.05) is 18.0 Å². The molecule has 3 N–H and O–H groups in total. The Kier molecular flexibility index (Phi) is 9.12. The van der Waals surface area contributed by atoms with Gasteiger partial charge >= 0.3 is 6.18 Å². The van der Waals surface area contributed by atoms with Gasteiger partial charge in [0.1, 0.15) is 5.82 Å². The number of hydrogen-bond acceptors (Lipinski definition) is 4. The Bertz CT molecular complexity index is 678. The number of alkyl halides is 3. The molecule has 1 unspecified atom stereocenters. The molecular formula is C17H24Cl3F3N4O. The van der Waals surface area contributed by atoms with E-state index in [4.69, 9.17) is 17.3 Å². The maximum absolute atomic E-state index is 12.7. The summed E-state index contributed by atoms with van der Waals surface area (Å²) in [6.45, 7) is 1.05. The van der Waals surface area contributed by atoms with E-state index in [1.54, 1.807) is 4.90 Å². The normalized spacial score (nSPS) is 24.5. The molecule has 0 spiro atoms. The van der Waals surface area contributed by atoms with Gasteiger partial charge in [-0.05, 0) is 31.2 Å². The molecule has 0 aromatic carbocycles. The van der Waals surface area contributed by atoms with E-state index in [-0.39, 0.29) is 53.7 Å². The topological polar surface area (TPSA) is 71.2 Å². The number of halogens is 6. The van der Waals surface area contributed by atoms with Crippen LogP contribution in [0.15, 0.2) is 12.3 Å². The maximum Gasteiger partial charge on any atom is 0.417 e. The molecule has 0 radical (unpaired) electrons. The van der Waals surface area contributed by atoms with E-state index in [1.165, 1.54) is 0 Å². The van der Waals surface area contributed by atoms with Crippen LogP contribution < -0.4 is 16.0 Å². The summed E-state index contributed by atoms with van der Waals surface area (Å²) >= 11 is 5.99. The van der Waals surface area contributed by atoms with E-state index >= 15 is 0 Å². The van der Waals surface area contributed by atoms with Crippen molar-refractivity contribution in [3.8, 4) is 0 Å². The predicted octanol–water partition coefficient (Wildman–Crippen LogP) is 3.81. The number of aromatic nitrogens is 1. The average Bonchev–Trinajstić information content (AvgIpc) is 3.16. The van der Waals surface area contributed by atoms with Gasteiger partial charge in [0.2, 0.25) is 5.91 Å². The molecule has 1 aliphatic heterocycles. The first kappa shape index (κ1) is 25.1. The molecule has 3 rings (SSSR count). The lowest BCUT2D eigenvalue weighted by atomic mass is 9.99. The minimum Gasteiger partial charge on any atom is -0.353 e. The lowest BCUT2D eigenvalue weighted by Crippen LogP contribution is -2.39. The van der Waals surface area contributed by atoms with Crippen LogP contribution in [0, 0.1) is 5.92 Å². The molecule has 2 heterocycles. The van der Waals surface area contributed by atoms with Crippen molar-refractivity contribution < 1.29 is 18.0 Å². The van der Waals surface area contributed by atoms with Crippen molar-refractivity contribution in [1.82, 2.24) is 10.3 Å². The van der Waals surface area contributed by atoms with Gasteiger partial charge < -0.3 is 16.0 Å². The zero-order chi connectivity index (χ0) is 18.9. The quantitative estimate of drug-likeness (QED) is 0.712. The summed E-state index contributed by atoms with van der Waals surface area (Å²) in [5.74, 6) is 0.526. The third kappa shape index (κ3) is 6.02. The monoisotopic (exact) mass is 462 g/mol. The van der Waals surface area contributed by atoms with E-state index in [9.17, 15) is 18.0 Å². The number of hydrogen-bond donors (Lipinski definition) is 2. The molecule has 1 aromatic heterocycles. The third-order valence-corrected chi connectivity index (χ3v) is 5.45. The summed E-state index contributed by atoms with van der Waals surface area (Å²) < 4.78 is 38.1. The van der Waals surface area contributed by atoms with Crippen LogP contribution in [-0.2, 0) is 11.0 Å². The second-order valence-corrected chi connectivity index (χ2v) is 7.49.